The van der Waals surface area contributed by atoms with E-state index in [4.69, 9.17) is 11.6 Å². The highest BCUT2D eigenvalue weighted by atomic mass is 35.5. The summed E-state index contributed by atoms with van der Waals surface area (Å²) in [5.74, 6) is 0. The zero-order valence-corrected chi connectivity index (χ0v) is 15.0. The Morgan fingerprint density at radius 3 is 2.54 bits per heavy atom. The van der Waals surface area contributed by atoms with Crippen LogP contribution in [-0.2, 0) is 6.18 Å². The van der Waals surface area contributed by atoms with Gasteiger partial charge in [-0.05, 0) is 42.0 Å². The molecule has 0 fully saturated rings. The number of carbonyl (C=O) groups is 1. The van der Waals surface area contributed by atoms with Gasteiger partial charge in [0.15, 0.2) is 0 Å². The Morgan fingerprint density at radius 2 is 1.86 bits per heavy atom. The van der Waals surface area contributed by atoms with E-state index in [0.29, 0.717) is 16.3 Å². The number of urea groups is 1. The highest BCUT2D eigenvalue weighted by Crippen LogP contribution is 2.35. The topological polar surface area (TPSA) is 66.9 Å². The molecule has 2 heterocycles. The number of hydrogen-bond donors (Lipinski definition) is 2. The Labute approximate surface area is 163 Å². The first-order valence-electron chi connectivity index (χ1n) is 8.10. The number of pyridine rings is 2. The molecule has 0 aliphatic heterocycles. The largest absolute Gasteiger partial charge is 0.418 e. The number of anilines is 1. The first-order valence-corrected chi connectivity index (χ1v) is 8.47. The number of rotatable bonds is 4. The minimum absolute atomic E-state index is 0.321. The number of halogens is 4. The number of benzene rings is 1. The molecular weight excluding hydrogens is 393 g/mol. The van der Waals surface area contributed by atoms with Crippen LogP contribution >= 0.6 is 11.6 Å². The number of amides is 2. The Kier molecular flexibility index (Phi) is 5.79. The van der Waals surface area contributed by atoms with E-state index in [1.54, 1.807) is 30.3 Å². The van der Waals surface area contributed by atoms with Crippen LogP contribution in [0.5, 0.6) is 0 Å². The predicted molar refractivity (Wildman–Crippen MR) is 98.9 cm³/mol. The number of nitrogens with zero attached hydrogens (tertiary/aromatic N) is 2. The lowest BCUT2D eigenvalue weighted by Gasteiger charge is -2.22. The van der Waals surface area contributed by atoms with Gasteiger partial charge >= 0.3 is 12.2 Å². The summed E-state index contributed by atoms with van der Waals surface area (Å²) in [7, 11) is 0. The van der Waals surface area contributed by atoms with E-state index in [1.807, 2.05) is 0 Å². The zero-order chi connectivity index (χ0) is 20.1. The average Bonchev–Trinajstić information content (AvgIpc) is 2.66. The minimum atomic E-state index is -4.64. The molecule has 144 valence electrons. The summed E-state index contributed by atoms with van der Waals surface area (Å²) in [6.07, 6.45) is -0.456. The third-order valence-electron chi connectivity index (χ3n) is 3.79. The van der Waals surface area contributed by atoms with Crippen LogP contribution in [0.4, 0.5) is 23.7 Å². The first-order chi connectivity index (χ1) is 13.3. The van der Waals surface area contributed by atoms with Crippen molar-refractivity contribution >= 4 is 23.3 Å². The Morgan fingerprint density at radius 1 is 1.07 bits per heavy atom. The third-order valence-corrected chi connectivity index (χ3v) is 4.03. The van der Waals surface area contributed by atoms with Crippen LogP contribution in [0.1, 0.15) is 22.9 Å². The maximum Gasteiger partial charge on any atom is 0.418 e. The quantitative estimate of drug-likeness (QED) is 0.636. The smallest absolute Gasteiger partial charge is 0.325 e. The third kappa shape index (κ3) is 4.77. The van der Waals surface area contributed by atoms with Gasteiger partial charge in [0.05, 0.1) is 29.2 Å². The number of carbonyl (C=O) groups excluding carboxylic acids is 1. The van der Waals surface area contributed by atoms with E-state index in [2.05, 4.69) is 20.6 Å². The van der Waals surface area contributed by atoms with Crippen LogP contribution < -0.4 is 10.6 Å². The second-order valence-electron chi connectivity index (χ2n) is 5.76. The van der Waals surface area contributed by atoms with Crippen molar-refractivity contribution in [3.63, 3.8) is 0 Å². The maximum atomic E-state index is 13.5. The van der Waals surface area contributed by atoms with Gasteiger partial charge in [0.2, 0.25) is 0 Å². The molecule has 3 aromatic rings. The van der Waals surface area contributed by atoms with Crippen molar-refractivity contribution in [3.05, 3.63) is 89.0 Å². The second kappa shape index (κ2) is 8.26. The Balaban J connectivity index is 1.99. The van der Waals surface area contributed by atoms with Crippen LogP contribution in [0, 0.1) is 0 Å². The Hall–Kier alpha value is -3.13. The lowest BCUT2D eigenvalue weighted by atomic mass is 9.99. The van der Waals surface area contributed by atoms with Crippen LogP contribution in [-0.4, -0.2) is 16.0 Å². The maximum absolute atomic E-state index is 13.5. The standard InChI is InChI=1S/C19H14ClF3N4O/c20-13-5-1-4-12(10-13)16(17-15(19(21,22)23)7-3-9-25-17)27-18(28)26-14-6-2-8-24-11-14/h1-11,16H,(H2,26,27,28)/t16-/m0/s1. The van der Waals surface area contributed by atoms with Crippen LogP contribution in [0.3, 0.4) is 0 Å². The molecule has 0 saturated heterocycles. The molecule has 0 bridgehead atoms. The fourth-order valence-corrected chi connectivity index (χ4v) is 2.82. The monoisotopic (exact) mass is 406 g/mol. The van der Waals surface area contributed by atoms with Crippen molar-refractivity contribution in [1.82, 2.24) is 15.3 Å². The Bertz CT molecular complexity index is 967. The van der Waals surface area contributed by atoms with E-state index in [9.17, 15) is 18.0 Å². The lowest BCUT2D eigenvalue weighted by molar-refractivity contribution is -0.138. The number of alkyl halides is 3. The number of aromatic nitrogens is 2. The summed E-state index contributed by atoms with van der Waals surface area (Å²) in [6, 6.07) is 9.65. The molecule has 2 amide bonds. The highest BCUT2D eigenvalue weighted by molar-refractivity contribution is 6.30. The van der Waals surface area contributed by atoms with Crippen molar-refractivity contribution in [3.8, 4) is 0 Å². The summed E-state index contributed by atoms with van der Waals surface area (Å²) in [6.45, 7) is 0. The van der Waals surface area contributed by atoms with E-state index >= 15 is 0 Å². The summed E-state index contributed by atoms with van der Waals surface area (Å²) in [4.78, 5) is 20.2. The first kappa shape index (κ1) is 19.6. The van der Waals surface area contributed by atoms with E-state index in [0.717, 1.165) is 6.07 Å². The van der Waals surface area contributed by atoms with Crippen LogP contribution in [0.2, 0.25) is 5.02 Å². The van der Waals surface area contributed by atoms with Crippen LogP contribution in [0.25, 0.3) is 0 Å². The summed E-state index contributed by atoms with van der Waals surface area (Å²) >= 11 is 5.99. The zero-order valence-electron chi connectivity index (χ0n) is 14.2. The molecule has 28 heavy (non-hydrogen) atoms. The summed E-state index contributed by atoms with van der Waals surface area (Å²) in [5.41, 5.74) is -0.528. The molecule has 2 N–H and O–H groups in total. The number of hydrogen-bond acceptors (Lipinski definition) is 3. The van der Waals surface area contributed by atoms with Gasteiger partial charge in [-0.3, -0.25) is 9.97 Å². The van der Waals surface area contributed by atoms with Gasteiger partial charge in [-0.15, -0.1) is 0 Å². The van der Waals surface area contributed by atoms with E-state index < -0.39 is 23.8 Å². The van der Waals surface area contributed by atoms with Gasteiger partial charge in [-0.25, -0.2) is 4.79 Å². The minimum Gasteiger partial charge on any atom is -0.325 e. The van der Waals surface area contributed by atoms with Gasteiger partial charge in [0.25, 0.3) is 0 Å². The van der Waals surface area contributed by atoms with Crippen molar-refractivity contribution in [2.75, 3.05) is 5.32 Å². The van der Waals surface area contributed by atoms with E-state index in [1.165, 1.54) is 30.7 Å². The molecule has 0 saturated carbocycles. The molecular formula is C19H14ClF3N4O. The van der Waals surface area contributed by atoms with Crippen molar-refractivity contribution in [2.45, 2.75) is 12.2 Å². The van der Waals surface area contributed by atoms with Gasteiger partial charge in [-0.2, -0.15) is 13.2 Å². The molecule has 1 aromatic carbocycles. The van der Waals surface area contributed by atoms with Crippen molar-refractivity contribution in [1.29, 1.82) is 0 Å². The molecule has 3 rings (SSSR count). The van der Waals surface area contributed by atoms with Crippen molar-refractivity contribution in [2.24, 2.45) is 0 Å². The SMILES string of the molecule is O=C(Nc1cccnc1)N[C@@H](c1cccc(Cl)c1)c1ncccc1C(F)(F)F. The second-order valence-corrected chi connectivity index (χ2v) is 6.20. The molecule has 0 spiro atoms. The fraction of sp³-hybridized carbons (Fsp3) is 0.105. The lowest BCUT2D eigenvalue weighted by Crippen LogP contribution is -2.35. The average molecular weight is 407 g/mol. The number of nitrogens with one attached hydrogen (secondary N) is 2. The van der Waals surface area contributed by atoms with Gasteiger partial charge in [0, 0.05) is 17.4 Å². The highest BCUT2D eigenvalue weighted by Gasteiger charge is 2.37. The summed E-state index contributed by atoms with van der Waals surface area (Å²) < 4.78 is 40.5. The van der Waals surface area contributed by atoms with E-state index in [-0.39, 0.29) is 5.69 Å². The molecule has 5 nitrogen and oxygen atoms in total. The predicted octanol–water partition coefficient (Wildman–Crippen LogP) is 5.06. The molecule has 9 heteroatoms. The molecule has 1 atom stereocenters. The molecule has 0 aliphatic carbocycles. The molecule has 0 radical (unpaired) electrons. The molecule has 0 unspecified atom stereocenters. The normalized spacial score (nSPS) is 12.3. The van der Waals surface area contributed by atoms with Crippen molar-refractivity contribution < 1.29 is 18.0 Å². The molecule has 2 aromatic heterocycles. The van der Waals surface area contributed by atoms with Crippen LogP contribution in [0.15, 0.2) is 67.1 Å². The van der Waals surface area contributed by atoms with Gasteiger partial charge < -0.3 is 10.6 Å². The summed E-state index contributed by atoms with van der Waals surface area (Å²) in [5, 5.41) is 5.39. The van der Waals surface area contributed by atoms with Gasteiger partial charge in [-0.1, -0.05) is 23.7 Å². The molecule has 0 aliphatic rings. The van der Waals surface area contributed by atoms with Gasteiger partial charge in [0.1, 0.15) is 0 Å². The fourth-order valence-electron chi connectivity index (χ4n) is 2.62.